The topological polar surface area (TPSA) is 107 Å². The highest BCUT2D eigenvalue weighted by Crippen LogP contribution is 2.32. The molecule has 168 valence electrons. The minimum absolute atomic E-state index is 0.0929. The quantitative estimate of drug-likeness (QED) is 0.529. The first kappa shape index (κ1) is 24.4. The Kier molecular flexibility index (Phi) is 8.65. The van der Waals surface area contributed by atoms with Crippen LogP contribution in [0.15, 0.2) is 30.3 Å². The second-order valence-corrected chi connectivity index (χ2v) is 7.80. The summed E-state index contributed by atoms with van der Waals surface area (Å²) < 4.78 is 13.5. The summed E-state index contributed by atoms with van der Waals surface area (Å²) in [5.74, 6) is -0.874. The minimum atomic E-state index is -1.16. The summed E-state index contributed by atoms with van der Waals surface area (Å²) >= 11 is 0. The van der Waals surface area contributed by atoms with Gasteiger partial charge in [-0.25, -0.2) is 14.4 Å². The lowest BCUT2D eigenvalue weighted by atomic mass is 9.95. The third kappa shape index (κ3) is 6.83. The number of carboxylic acid groups (broad SMARTS) is 1. The van der Waals surface area contributed by atoms with Gasteiger partial charge in [-0.2, -0.15) is 0 Å². The Morgan fingerprint density at radius 1 is 1.19 bits per heavy atom. The number of benzene rings is 1. The molecule has 2 rings (SSSR count). The average molecular weight is 432 g/mol. The van der Waals surface area contributed by atoms with Gasteiger partial charge < -0.3 is 20.2 Å². The molecular formula is C23H30FN3O4. The Morgan fingerprint density at radius 2 is 1.84 bits per heavy atom. The summed E-state index contributed by atoms with van der Waals surface area (Å²) in [7, 11) is 3.68. The van der Waals surface area contributed by atoms with Gasteiger partial charge in [0.25, 0.3) is 0 Å². The van der Waals surface area contributed by atoms with Crippen LogP contribution in [-0.4, -0.2) is 57.6 Å². The number of aliphatic carboxylic acids is 1. The number of hydrogen-bond donors (Lipinski definition) is 3. The zero-order chi connectivity index (χ0) is 23.1. The molecule has 31 heavy (non-hydrogen) atoms. The van der Waals surface area contributed by atoms with Crippen LogP contribution < -0.4 is 4.90 Å². The molecule has 7 nitrogen and oxygen atoms in total. The Hall–Kier alpha value is -2.84. The summed E-state index contributed by atoms with van der Waals surface area (Å²) in [5, 5.41) is 28.8. The van der Waals surface area contributed by atoms with Crippen molar-refractivity contribution in [1.29, 1.82) is 0 Å². The third-order valence-electron chi connectivity index (χ3n) is 4.97. The highest BCUT2D eigenvalue weighted by Gasteiger charge is 2.20. The fourth-order valence-corrected chi connectivity index (χ4v) is 3.09. The van der Waals surface area contributed by atoms with Gasteiger partial charge in [-0.1, -0.05) is 26.0 Å². The molecule has 2 aromatic rings. The molecule has 0 saturated carbocycles. The zero-order valence-electron chi connectivity index (χ0n) is 18.3. The van der Waals surface area contributed by atoms with E-state index in [4.69, 9.17) is 10.1 Å². The predicted octanol–water partition coefficient (Wildman–Crippen LogP) is 3.46. The van der Waals surface area contributed by atoms with Crippen molar-refractivity contribution in [2.75, 3.05) is 19.0 Å². The van der Waals surface area contributed by atoms with Crippen LogP contribution in [0.2, 0.25) is 0 Å². The fraction of sp³-hybridized carbons (Fsp3) is 0.435. The molecule has 1 aromatic carbocycles. The average Bonchev–Trinajstić information content (AvgIpc) is 2.70. The second-order valence-electron chi connectivity index (χ2n) is 7.80. The Bertz CT molecular complexity index is 916. The van der Waals surface area contributed by atoms with Crippen molar-refractivity contribution in [1.82, 2.24) is 9.97 Å². The number of anilines is 1. The summed E-state index contributed by atoms with van der Waals surface area (Å²) in [6.07, 6.45) is 1.27. The number of aliphatic hydroxyl groups excluding tert-OH is 2. The monoisotopic (exact) mass is 431 g/mol. The molecule has 0 aliphatic rings. The van der Waals surface area contributed by atoms with E-state index >= 15 is 0 Å². The Morgan fingerprint density at radius 3 is 2.39 bits per heavy atom. The number of aromatic nitrogens is 2. The maximum atomic E-state index is 13.5. The molecule has 0 spiro atoms. The van der Waals surface area contributed by atoms with E-state index in [9.17, 15) is 19.4 Å². The number of aliphatic hydroxyl groups is 2. The van der Waals surface area contributed by atoms with Crippen LogP contribution in [-0.2, 0) is 4.79 Å². The van der Waals surface area contributed by atoms with Crippen LogP contribution in [0.3, 0.4) is 0 Å². The highest BCUT2D eigenvalue weighted by molar-refractivity contribution is 5.75. The summed E-state index contributed by atoms with van der Waals surface area (Å²) in [6.45, 7) is 4.09. The number of hydrogen-bond acceptors (Lipinski definition) is 6. The summed E-state index contributed by atoms with van der Waals surface area (Å²) in [4.78, 5) is 21.9. The minimum Gasteiger partial charge on any atom is -0.481 e. The second kappa shape index (κ2) is 11.0. The summed E-state index contributed by atoms with van der Waals surface area (Å²) in [5.41, 5.74) is 2.79. The molecule has 1 unspecified atom stereocenters. The van der Waals surface area contributed by atoms with E-state index in [-0.39, 0.29) is 18.2 Å². The van der Waals surface area contributed by atoms with Crippen molar-refractivity contribution >= 4 is 18.0 Å². The molecule has 0 aliphatic carbocycles. The largest absolute Gasteiger partial charge is 0.481 e. The van der Waals surface area contributed by atoms with Gasteiger partial charge in [0.05, 0.1) is 30.0 Å². The first-order valence-corrected chi connectivity index (χ1v) is 10.2. The van der Waals surface area contributed by atoms with Crippen LogP contribution in [0.5, 0.6) is 0 Å². The molecule has 0 saturated heterocycles. The molecule has 0 radical (unpaired) electrons. The van der Waals surface area contributed by atoms with Crippen molar-refractivity contribution in [3.8, 4) is 11.3 Å². The van der Waals surface area contributed by atoms with Crippen molar-refractivity contribution in [3.63, 3.8) is 0 Å². The normalized spacial score (nSPS) is 14.4. The van der Waals surface area contributed by atoms with Crippen LogP contribution in [0.4, 0.5) is 10.3 Å². The Labute approximate surface area is 181 Å². The number of carboxylic acids is 1. The SMILES string of the molecule is CCC(C)c1nc(N(C)C)nc(-c2ccc(F)cc2)c1/C=C/[C@@H](O)C[C@@H](O)CC(=O)O. The first-order chi connectivity index (χ1) is 14.6. The molecule has 0 amide bonds. The van der Waals surface area contributed by atoms with Gasteiger partial charge in [0.1, 0.15) is 5.82 Å². The first-order valence-electron chi connectivity index (χ1n) is 10.2. The van der Waals surface area contributed by atoms with E-state index in [0.717, 1.165) is 12.1 Å². The number of carbonyl (C=O) groups is 1. The predicted molar refractivity (Wildman–Crippen MR) is 118 cm³/mol. The lowest BCUT2D eigenvalue weighted by molar-refractivity contribution is -0.139. The van der Waals surface area contributed by atoms with Gasteiger partial charge in [-0.05, 0) is 36.6 Å². The molecule has 8 heteroatoms. The number of nitrogens with zero attached hydrogens (tertiary/aromatic N) is 3. The van der Waals surface area contributed by atoms with Gasteiger partial charge >= 0.3 is 5.97 Å². The van der Waals surface area contributed by atoms with Crippen LogP contribution in [0.1, 0.15) is 50.3 Å². The maximum absolute atomic E-state index is 13.5. The van der Waals surface area contributed by atoms with Gasteiger partial charge in [-0.3, -0.25) is 4.79 Å². The van der Waals surface area contributed by atoms with E-state index in [1.807, 2.05) is 27.9 Å². The maximum Gasteiger partial charge on any atom is 0.305 e. The molecule has 0 aliphatic heterocycles. The molecule has 3 N–H and O–H groups in total. The van der Waals surface area contributed by atoms with Gasteiger partial charge in [0, 0.05) is 31.6 Å². The van der Waals surface area contributed by atoms with Gasteiger partial charge in [0.15, 0.2) is 0 Å². The molecular weight excluding hydrogens is 401 g/mol. The standard InChI is InChI=1S/C23H30FN3O4/c1-5-14(2)21-19(11-10-17(28)12-18(29)13-20(30)31)22(26-23(25-21)27(3)4)15-6-8-16(24)9-7-15/h6-11,14,17-18,28-29H,5,12-13H2,1-4H3,(H,30,31)/b11-10+/t14?,17-,18-/m1/s1. The van der Waals surface area contributed by atoms with Crippen LogP contribution in [0, 0.1) is 5.82 Å². The van der Waals surface area contributed by atoms with Crippen molar-refractivity contribution in [2.24, 2.45) is 0 Å². The highest BCUT2D eigenvalue weighted by atomic mass is 19.1. The molecule has 1 heterocycles. The van der Waals surface area contributed by atoms with Crippen molar-refractivity contribution in [2.45, 2.75) is 51.2 Å². The van der Waals surface area contributed by atoms with E-state index in [1.54, 1.807) is 23.1 Å². The smallest absolute Gasteiger partial charge is 0.305 e. The molecule has 3 atom stereocenters. The fourth-order valence-electron chi connectivity index (χ4n) is 3.09. The lowest BCUT2D eigenvalue weighted by Gasteiger charge is -2.20. The van der Waals surface area contributed by atoms with E-state index < -0.39 is 24.6 Å². The van der Waals surface area contributed by atoms with E-state index in [0.29, 0.717) is 22.8 Å². The van der Waals surface area contributed by atoms with E-state index in [2.05, 4.69) is 4.98 Å². The zero-order valence-corrected chi connectivity index (χ0v) is 18.3. The molecule has 0 bridgehead atoms. The van der Waals surface area contributed by atoms with Gasteiger partial charge in [0.2, 0.25) is 5.95 Å². The van der Waals surface area contributed by atoms with Crippen LogP contribution >= 0.6 is 0 Å². The number of rotatable bonds is 10. The third-order valence-corrected chi connectivity index (χ3v) is 4.97. The van der Waals surface area contributed by atoms with E-state index in [1.165, 1.54) is 18.2 Å². The lowest BCUT2D eigenvalue weighted by Crippen LogP contribution is -2.19. The number of halogens is 1. The molecule has 0 fully saturated rings. The Balaban J connectivity index is 2.53. The molecule has 1 aromatic heterocycles. The van der Waals surface area contributed by atoms with Crippen molar-refractivity contribution < 1.29 is 24.5 Å². The van der Waals surface area contributed by atoms with Crippen LogP contribution in [0.25, 0.3) is 17.3 Å². The van der Waals surface area contributed by atoms with Gasteiger partial charge in [-0.15, -0.1) is 0 Å². The summed E-state index contributed by atoms with van der Waals surface area (Å²) in [6, 6.07) is 6.00. The van der Waals surface area contributed by atoms with Crippen molar-refractivity contribution in [3.05, 3.63) is 47.4 Å².